The van der Waals surface area contributed by atoms with E-state index in [4.69, 9.17) is 11.6 Å². The lowest BCUT2D eigenvalue weighted by Crippen LogP contribution is -2.24. The Morgan fingerprint density at radius 1 is 1.09 bits per heavy atom. The highest BCUT2D eigenvalue weighted by atomic mass is 35.5. The molecule has 1 aliphatic rings. The summed E-state index contributed by atoms with van der Waals surface area (Å²) < 4.78 is 0. The van der Waals surface area contributed by atoms with Crippen LogP contribution < -0.4 is 4.90 Å². The molecule has 112 valence electrons. The van der Waals surface area contributed by atoms with Gasteiger partial charge >= 0.3 is 0 Å². The van der Waals surface area contributed by atoms with Gasteiger partial charge in [-0.3, -0.25) is 4.79 Å². The van der Waals surface area contributed by atoms with Crippen molar-refractivity contribution in [3.8, 4) is 0 Å². The fourth-order valence-corrected chi connectivity index (χ4v) is 3.21. The number of ketones is 1. The summed E-state index contributed by atoms with van der Waals surface area (Å²) in [5.41, 5.74) is 3.87. The molecular weight excluding hydrogens is 294 g/mol. The average Bonchev–Trinajstić information content (AvgIpc) is 2.69. The van der Waals surface area contributed by atoms with Gasteiger partial charge in [-0.2, -0.15) is 0 Å². The number of likely N-dealkylation sites (N-methyl/N-ethyl adjacent to an activating group) is 1. The van der Waals surface area contributed by atoms with Crippen LogP contribution in [0.1, 0.15) is 29.8 Å². The van der Waals surface area contributed by atoms with Crippen molar-refractivity contribution in [2.75, 3.05) is 11.9 Å². The fourth-order valence-electron chi connectivity index (χ4n) is 3.08. The lowest BCUT2D eigenvalue weighted by atomic mass is 9.83. The van der Waals surface area contributed by atoms with Crippen LogP contribution in [0, 0.1) is 0 Å². The Kier molecular flexibility index (Phi) is 3.57. The Labute approximate surface area is 136 Å². The summed E-state index contributed by atoms with van der Waals surface area (Å²) in [6, 6.07) is 15.3. The molecule has 0 bridgehead atoms. The van der Waals surface area contributed by atoms with E-state index in [1.165, 1.54) is 5.56 Å². The van der Waals surface area contributed by atoms with Gasteiger partial charge in [0.15, 0.2) is 5.78 Å². The van der Waals surface area contributed by atoms with Crippen LogP contribution in [0.5, 0.6) is 0 Å². The van der Waals surface area contributed by atoms with E-state index in [1.807, 2.05) is 19.2 Å². The first kappa shape index (κ1) is 14.9. The van der Waals surface area contributed by atoms with Gasteiger partial charge in [0.05, 0.1) is 0 Å². The van der Waals surface area contributed by atoms with Crippen LogP contribution in [-0.4, -0.2) is 12.8 Å². The Morgan fingerprint density at radius 2 is 1.73 bits per heavy atom. The Balaban J connectivity index is 2.01. The standard InChI is InChI=1S/C19H18ClNO/c1-19(2)15-6-4-5-7-16(15)21(3)18(19)12-17(22)13-8-10-14(20)11-9-13/h4-12H,1-3H3. The van der Waals surface area contributed by atoms with Crippen molar-refractivity contribution in [1.29, 1.82) is 0 Å². The maximum absolute atomic E-state index is 12.6. The molecule has 1 heterocycles. The number of carbonyl (C=O) groups excluding carboxylic acids is 1. The van der Waals surface area contributed by atoms with Crippen molar-refractivity contribution >= 4 is 23.1 Å². The predicted molar refractivity (Wildman–Crippen MR) is 91.7 cm³/mol. The van der Waals surface area contributed by atoms with Gasteiger partial charge in [-0.15, -0.1) is 0 Å². The molecule has 0 unspecified atom stereocenters. The van der Waals surface area contributed by atoms with Crippen LogP contribution in [0.25, 0.3) is 0 Å². The summed E-state index contributed by atoms with van der Waals surface area (Å²) in [7, 11) is 2.01. The molecule has 0 spiro atoms. The highest BCUT2D eigenvalue weighted by molar-refractivity contribution is 6.30. The molecule has 0 saturated heterocycles. The number of fused-ring (bicyclic) bond motifs is 1. The Hall–Kier alpha value is -2.06. The lowest BCUT2D eigenvalue weighted by Gasteiger charge is -2.24. The second-order valence-corrected chi connectivity index (χ2v) is 6.54. The van der Waals surface area contributed by atoms with Crippen LogP contribution in [-0.2, 0) is 5.41 Å². The van der Waals surface area contributed by atoms with Crippen LogP contribution >= 0.6 is 11.6 Å². The molecule has 3 heteroatoms. The van der Waals surface area contributed by atoms with Gasteiger partial charge in [-0.05, 0) is 35.9 Å². The number of hydrogen-bond acceptors (Lipinski definition) is 2. The van der Waals surface area contributed by atoms with E-state index in [2.05, 4.69) is 30.9 Å². The molecular formula is C19H18ClNO. The lowest BCUT2D eigenvalue weighted by molar-refractivity contribution is 0.104. The minimum atomic E-state index is -0.187. The molecule has 0 aromatic heterocycles. The maximum atomic E-state index is 12.6. The molecule has 2 aromatic rings. The summed E-state index contributed by atoms with van der Waals surface area (Å²) in [5.74, 6) is -0.000558. The molecule has 0 fully saturated rings. The number of nitrogens with zero attached hydrogens (tertiary/aromatic N) is 1. The van der Waals surface area contributed by atoms with Crippen LogP contribution in [0.2, 0.25) is 5.02 Å². The molecule has 0 N–H and O–H groups in total. The predicted octanol–water partition coefficient (Wildman–Crippen LogP) is 4.83. The zero-order valence-corrected chi connectivity index (χ0v) is 13.7. The van der Waals surface area contributed by atoms with Gasteiger partial charge in [0, 0.05) is 40.5 Å². The number of allylic oxidation sites excluding steroid dienone is 2. The zero-order valence-electron chi connectivity index (χ0n) is 12.9. The van der Waals surface area contributed by atoms with Crippen LogP contribution in [0.15, 0.2) is 60.3 Å². The summed E-state index contributed by atoms with van der Waals surface area (Å²) in [6.07, 6.45) is 1.74. The van der Waals surface area contributed by atoms with Gasteiger partial charge in [0.25, 0.3) is 0 Å². The fraction of sp³-hybridized carbons (Fsp3) is 0.211. The molecule has 1 aliphatic heterocycles. The Morgan fingerprint density at radius 3 is 2.36 bits per heavy atom. The number of carbonyl (C=O) groups is 1. The first-order valence-electron chi connectivity index (χ1n) is 7.26. The smallest absolute Gasteiger partial charge is 0.187 e. The minimum Gasteiger partial charge on any atom is -0.347 e. The third-order valence-corrected chi connectivity index (χ3v) is 4.59. The quantitative estimate of drug-likeness (QED) is 0.584. The first-order valence-corrected chi connectivity index (χ1v) is 7.64. The highest BCUT2D eigenvalue weighted by Gasteiger charge is 2.38. The highest BCUT2D eigenvalue weighted by Crippen LogP contribution is 2.46. The first-order chi connectivity index (χ1) is 10.4. The van der Waals surface area contributed by atoms with Crippen molar-refractivity contribution in [1.82, 2.24) is 0 Å². The van der Waals surface area contributed by atoms with Gasteiger partial charge in [0.1, 0.15) is 0 Å². The van der Waals surface area contributed by atoms with Crippen molar-refractivity contribution in [2.24, 2.45) is 0 Å². The van der Waals surface area contributed by atoms with E-state index in [-0.39, 0.29) is 11.2 Å². The van der Waals surface area contributed by atoms with Crippen LogP contribution in [0.4, 0.5) is 5.69 Å². The third kappa shape index (κ3) is 2.34. The topological polar surface area (TPSA) is 20.3 Å². The molecule has 0 aliphatic carbocycles. The number of rotatable bonds is 2. The van der Waals surface area contributed by atoms with Gasteiger partial charge < -0.3 is 4.90 Å². The molecule has 0 saturated carbocycles. The molecule has 22 heavy (non-hydrogen) atoms. The monoisotopic (exact) mass is 311 g/mol. The van der Waals surface area contributed by atoms with Gasteiger partial charge in [-0.25, -0.2) is 0 Å². The van der Waals surface area contributed by atoms with Gasteiger partial charge in [0.2, 0.25) is 0 Å². The normalized spacial score (nSPS) is 17.6. The van der Waals surface area contributed by atoms with Crippen molar-refractivity contribution < 1.29 is 4.79 Å². The van der Waals surface area contributed by atoms with E-state index in [0.717, 1.165) is 11.4 Å². The molecule has 2 aromatic carbocycles. The SMILES string of the molecule is CN1C(=CC(=O)c2ccc(Cl)cc2)C(C)(C)c2ccccc21. The minimum absolute atomic E-state index is 0.000558. The number of anilines is 1. The second kappa shape index (κ2) is 5.29. The molecule has 2 nitrogen and oxygen atoms in total. The van der Waals surface area contributed by atoms with E-state index < -0.39 is 0 Å². The van der Waals surface area contributed by atoms with E-state index >= 15 is 0 Å². The summed E-state index contributed by atoms with van der Waals surface area (Å²) in [5, 5.41) is 0.634. The largest absolute Gasteiger partial charge is 0.347 e. The van der Waals surface area contributed by atoms with Gasteiger partial charge in [-0.1, -0.05) is 43.6 Å². The second-order valence-electron chi connectivity index (χ2n) is 6.10. The third-order valence-electron chi connectivity index (χ3n) is 4.34. The van der Waals surface area contributed by atoms with E-state index in [0.29, 0.717) is 10.6 Å². The number of para-hydroxylation sites is 1. The average molecular weight is 312 g/mol. The summed E-state index contributed by atoms with van der Waals surface area (Å²) in [6.45, 7) is 4.30. The number of halogens is 1. The number of benzene rings is 2. The summed E-state index contributed by atoms with van der Waals surface area (Å²) in [4.78, 5) is 14.7. The van der Waals surface area contributed by atoms with Crippen molar-refractivity contribution in [2.45, 2.75) is 19.3 Å². The molecule has 0 radical (unpaired) electrons. The molecule has 0 amide bonds. The number of hydrogen-bond donors (Lipinski definition) is 0. The molecule has 0 atom stereocenters. The van der Waals surface area contributed by atoms with Crippen molar-refractivity contribution in [3.63, 3.8) is 0 Å². The zero-order chi connectivity index (χ0) is 15.9. The summed E-state index contributed by atoms with van der Waals surface area (Å²) >= 11 is 5.88. The van der Waals surface area contributed by atoms with E-state index in [9.17, 15) is 4.79 Å². The Bertz CT molecular complexity index is 759. The van der Waals surface area contributed by atoms with E-state index in [1.54, 1.807) is 30.3 Å². The van der Waals surface area contributed by atoms with Crippen molar-refractivity contribution in [3.05, 3.63) is 76.5 Å². The van der Waals surface area contributed by atoms with Crippen LogP contribution in [0.3, 0.4) is 0 Å². The molecule has 3 rings (SSSR count). The maximum Gasteiger partial charge on any atom is 0.187 e.